The number of para-hydroxylation sites is 1. The maximum absolute atomic E-state index is 12.1. The minimum atomic E-state index is -1.21. The second-order valence-electron chi connectivity index (χ2n) is 4.80. The van der Waals surface area contributed by atoms with E-state index in [2.05, 4.69) is 15.3 Å². The Morgan fingerprint density at radius 3 is 2.94 bits per heavy atom. The van der Waals surface area contributed by atoms with Crippen molar-refractivity contribution >= 4 is 22.6 Å². The van der Waals surface area contributed by atoms with Gasteiger partial charge in [-0.2, -0.15) is 0 Å². The van der Waals surface area contributed by atoms with Gasteiger partial charge in [-0.15, -0.1) is 0 Å². The molecule has 0 atom stereocenters. The summed E-state index contributed by atoms with van der Waals surface area (Å²) in [4.78, 5) is 19.3. The second-order valence-corrected chi connectivity index (χ2v) is 4.80. The standard InChI is InChI=1S/C13H15N3O2/c17-12(13(18)6-1-2-7-13)16-10-5-3-4-9-11(10)15-8-14-9/h3-5,8,18H,1-2,6-7H2,(H,14,15)(H,16,17). The van der Waals surface area contributed by atoms with Crippen molar-refractivity contribution in [3.05, 3.63) is 24.5 Å². The number of nitrogens with one attached hydrogen (secondary N) is 2. The zero-order valence-corrected chi connectivity index (χ0v) is 9.94. The van der Waals surface area contributed by atoms with Crippen molar-refractivity contribution in [3.63, 3.8) is 0 Å². The molecule has 1 amide bonds. The summed E-state index contributed by atoms with van der Waals surface area (Å²) in [5, 5.41) is 13.0. The maximum Gasteiger partial charge on any atom is 0.256 e. The first-order valence-electron chi connectivity index (χ1n) is 6.15. The fraction of sp³-hybridized carbons (Fsp3) is 0.385. The highest BCUT2D eigenvalue weighted by Crippen LogP contribution is 2.31. The first-order valence-corrected chi connectivity index (χ1v) is 6.15. The average Bonchev–Trinajstić information content (AvgIpc) is 2.98. The van der Waals surface area contributed by atoms with Crippen LogP contribution in [0.5, 0.6) is 0 Å². The average molecular weight is 245 g/mol. The molecule has 0 aliphatic heterocycles. The maximum atomic E-state index is 12.1. The van der Waals surface area contributed by atoms with Crippen LogP contribution in [0.3, 0.4) is 0 Å². The smallest absolute Gasteiger partial charge is 0.256 e. The number of aliphatic hydroxyl groups is 1. The molecule has 1 aromatic heterocycles. The Labute approximate surface area is 104 Å². The molecule has 3 rings (SSSR count). The van der Waals surface area contributed by atoms with Crippen molar-refractivity contribution in [2.24, 2.45) is 0 Å². The third-order valence-electron chi connectivity index (χ3n) is 3.55. The van der Waals surface area contributed by atoms with Crippen molar-refractivity contribution in [1.82, 2.24) is 9.97 Å². The molecule has 3 N–H and O–H groups in total. The number of aromatic amines is 1. The molecular formula is C13H15N3O2. The number of nitrogens with zero attached hydrogens (tertiary/aromatic N) is 1. The van der Waals surface area contributed by atoms with Crippen molar-refractivity contribution in [3.8, 4) is 0 Å². The predicted octanol–water partition coefficient (Wildman–Crippen LogP) is 1.81. The van der Waals surface area contributed by atoms with E-state index in [9.17, 15) is 9.90 Å². The van der Waals surface area contributed by atoms with Gasteiger partial charge >= 0.3 is 0 Å². The number of imidazole rings is 1. The summed E-state index contributed by atoms with van der Waals surface area (Å²) in [5.41, 5.74) is 1.01. The fourth-order valence-electron chi connectivity index (χ4n) is 2.49. The van der Waals surface area contributed by atoms with Crippen LogP contribution in [0, 0.1) is 0 Å². The molecule has 5 nitrogen and oxygen atoms in total. The van der Waals surface area contributed by atoms with E-state index in [1.807, 2.05) is 12.1 Å². The molecule has 1 heterocycles. The summed E-state index contributed by atoms with van der Waals surface area (Å²) >= 11 is 0. The summed E-state index contributed by atoms with van der Waals surface area (Å²) in [6.07, 6.45) is 4.46. The monoisotopic (exact) mass is 245 g/mol. The molecule has 94 valence electrons. The van der Waals surface area contributed by atoms with Crippen LogP contribution in [0.15, 0.2) is 24.5 Å². The Balaban J connectivity index is 1.88. The van der Waals surface area contributed by atoms with Gasteiger partial charge in [-0.05, 0) is 37.8 Å². The predicted molar refractivity (Wildman–Crippen MR) is 68.1 cm³/mol. The van der Waals surface area contributed by atoms with Gasteiger partial charge in [0.15, 0.2) is 0 Å². The molecule has 1 aliphatic rings. The van der Waals surface area contributed by atoms with E-state index in [1.165, 1.54) is 0 Å². The van der Waals surface area contributed by atoms with Gasteiger partial charge in [-0.3, -0.25) is 4.79 Å². The topological polar surface area (TPSA) is 78.0 Å². The van der Waals surface area contributed by atoms with Crippen molar-refractivity contribution in [2.75, 3.05) is 5.32 Å². The number of amides is 1. The van der Waals surface area contributed by atoms with Gasteiger partial charge in [0.25, 0.3) is 5.91 Å². The number of benzene rings is 1. The van der Waals surface area contributed by atoms with Gasteiger partial charge in [0.1, 0.15) is 11.1 Å². The zero-order chi connectivity index (χ0) is 12.6. The lowest BCUT2D eigenvalue weighted by Crippen LogP contribution is -2.40. The fourth-order valence-corrected chi connectivity index (χ4v) is 2.49. The summed E-state index contributed by atoms with van der Waals surface area (Å²) < 4.78 is 0. The molecule has 1 saturated carbocycles. The Bertz CT molecular complexity index is 585. The second kappa shape index (κ2) is 4.10. The molecule has 0 bridgehead atoms. The molecule has 0 saturated heterocycles. The number of carbonyl (C=O) groups excluding carboxylic acids is 1. The molecule has 1 aliphatic carbocycles. The van der Waals surface area contributed by atoms with Gasteiger partial charge in [0.2, 0.25) is 0 Å². The van der Waals surface area contributed by atoms with Crippen LogP contribution in [0.25, 0.3) is 11.0 Å². The van der Waals surface area contributed by atoms with Crippen LogP contribution in [-0.4, -0.2) is 26.6 Å². The summed E-state index contributed by atoms with van der Waals surface area (Å²) in [6.45, 7) is 0. The van der Waals surface area contributed by atoms with E-state index in [1.54, 1.807) is 12.4 Å². The van der Waals surface area contributed by atoms with Crippen LogP contribution >= 0.6 is 0 Å². The molecule has 0 radical (unpaired) electrons. The van der Waals surface area contributed by atoms with Crippen molar-refractivity contribution in [2.45, 2.75) is 31.3 Å². The third-order valence-corrected chi connectivity index (χ3v) is 3.55. The van der Waals surface area contributed by atoms with Crippen LogP contribution < -0.4 is 5.32 Å². The number of rotatable bonds is 2. The highest BCUT2D eigenvalue weighted by molar-refractivity contribution is 6.03. The molecule has 1 aromatic carbocycles. The number of anilines is 1. The van der Waals surface area contributed by atoms with Gasteiger partial charge in [0.05, 0.1) is 17.5 Å². The van der Waals surface area contributed by atoms with Gasteiger partial charge in [0, 0.05) is 0 Å². The molecule has 0 unspecified atom stereocenters. The highest BCUT2D eigenvalue weighted by atomic mass is 16.3. The van der Waals surface area contributed by atoms with Crippen LogP contribution in [0.2, 0.25) is 0 Å². The van der Waals surface area contributed by atoms with Crippen molar-refractivity contribution < 1.29 is 9.90 Å². The van der Waals surface area contributed by atoms with E-state index in [4.69, 9.17) is 0 Å². The summed E-state index contributed by atoms with van der Waals surface area (Å²) in [5.74, 6) is -0.324. The normalized spacial score (nSPS) is 18.1. The number of H-pyrrole nitrogens is 1. The SMILES string of the molecule is O=C(Nc1cccc2[nH]cnc12)C1(O)CCCC1. The Hall–Kier alpha value is -1.88. The van der Waals surface area contributed by atoms with Crippen LogP contribution in [0.1, 0.15) is 25.7 Å². The highest BCUT2D eigenvalue weighted by Gasteiger charge is 2.38. The van der Waals surface area contributed by atoms with Gasteiger partial charge < -0.3 is 15.4 Å². The number of hydrogen-bond donors (Lipinski definition) is 3. The first-order chi connectivity index (χ1) is 8.69. The minimum absolute atomic E-state index is 0.324. The number of fused-ring (bicyclic) bond motifs is 1. The third kappa shape index (κ3) is 1.76. The number of carbonyl (C=O) groups is 1. The van der Waals surface area contributed by atoms with E-state index < -0.39 is 5.60 Å². The van der Waals surface area contributed by atoms with Crippen molar-refractivity contribution in [1.29, 1.82) is 0 Å². The zero-order valence-electron chi connectivity index (χ0n) is 9.94. The largest absolute Gasteiger partial charge is 0.380 e. The Morgan fingerprint density at radius 1 is 1.39 bits per heavy atom. The Morgan fingerprint density at radius 2 is 2.17 bits per heavy atom. The van der Waals surface area contributed by atoms with Gasteiger partial charge in [-0.1, -0.05) is 6.07 Å². The summed E-state index contributed by atoms with van der Waals surface area (Å²) in [6, 6.07) is 5.52. The lowest BCUT2D eigenvalue weighted by atomic mass is 10.0. The first kappa shape index (κ1) is 11.2. The van der Waals surface area contributed by atoms with E-state index >= 15 is 0 Å². The molecule has 2 aromatic rings. The minimum Gasteiger partial charge on any atom is -0.380 e. The van der Waals surface area contributed by atoms with E-state index in [-0.39, 0.29) is 5.91 Å². The quantitative estimate of drug-likeness (QED) is 0.755. The van der Waals surface area contributed by atoms with Gasteiger partial charge in [-0.25, -0.2) is 4.98 Å². The van der Waals surface area contributed by atoms with Crippen LogP contribution in [0.4, 0.5) is 5.69 Å². The molecule has 5 heteroatoms. The summed E-state index contributed by atoms with van der Waals surface area (Å²) in [7, 11) is 0. The number of aromatic nitrogens is 2. The van der Waals surface area contributed by atoms with E-state index in [0.29, 0.717) is 24.0 Å². The molecular weight excluding hydrogens is 230 g/mol. The Kier molecular flexibility index (Phi) is 2.56. The molecule has 1 fully saturated rings. The van der Waals surface area contributed by atoms with Crippen LogP contribution in [-0.2, 0) is 4.79 Å². The number of hydrogen-bond acceptors (Lipinski definition) is 3. The lowest BCUT2D eigenvalue weighted by Gasteiger charge is -2.20. The molecule has 18 heavy (non-hydrogen) atoms. The van der Waals surface area contributed by atoms with E-state index in [0.717, 1.165) is 18.4 Å². The molecule has 0 spiro atoms. The lowest BCUT2D eigenvalue weighted by molar-refractivity contribution is -0.133.